The highest BCUT2D eigenvalue weighted by atomic mass is 35.5. The number of halogens is 2. The number of rotatable bonds is 9. The SMILES string of the molecule is CN(C(=O)c1ccccc1NC(=O)NC(Cc1ccc(NC(=O)c2c(Cl)cccc2Cl)cc1)C(=O)O)c1ccccc1. The molecule has 0 spiro atoms. The lowest BCUT2D eigenvalue weighted by Crippen LogP contribution is -2.44. The average molecular weight is 605 g/mol. The van der Waals surface area contributed by atoms with Crippen molar-refractivity contribution in [1.29, 1.82) is 0 Å². The fraction of sp³-hybridized carbons (Fsp3) is 0.0968. The van der Waals surface area contributed by atoms with E-state index in [4.69, 9.17) is 23.2 Å². The Labute approximate surface area is 252 Å². The van der Waals surface area contributed by atoms with E-state index in [1.54, 1.807) is 85.9 Å². The molecule has 214 valence electrons. The van der Waals surface area contributed by atoms with Gasteiger partial charge >= 0.3 is 12.0 Å². The van der Waals surface area contributed by atoms with Gasteiger partial charge in [0.25, 0.3) is 11.8 Å². The van der Waals surface area contributed by atoms with Crippen LogP contribution in [0.5, 0.6) is 0 Å². The van der Waals surface area contributed by atoms with Crippen molar-refractivity contribution in [3.8, 4) is 0 Å². The first-order valence-corrected chi connectivity index (χ1v) is 13.5. The Bertz CT molecular complexity index is 1590. The molecular weight excluding hydrogens is 579 g/mol. The first kappa shape index (κ1) is 30.1. The molecule has 0 aliphatic heterocycles. The minimum absolute atomic E-state index is 0.0371. The highest BCUT2D eigenvalue weighted by molar-refractivity contribution is 6.40. The fourth-order valence-electron chi connectivity index (χ4n) is 4.11. The number of para-hydroxylation sites is 2. The van der Waals surface area contributed by atoms with Gasteiger partial charge in [-0.3, -0.25) is 9.59 Å². The van der Waals surface area contributed by atoms with Gasteiger partial charge in [0.05, 0.1) is 26.9 Å². The van der Waals surface area contributed by atoms with Gasteiger partial charge in [-0.25, -0.2) is 9.59 Å². The predicted molar refractivity (Wildman–Crippen MR) is 164 cm³/mol. The maximum Gasteiger partial charge on any atom is 0.326 e. The summed E-state index contributed by atoms with van der Waals surface area (Å²) >= 11 is 12.2. The van der Waals surface area contributed by atoms with E-state index in [1.807, 2.05) is 18.2 Å². The van der Waals surface area contributed by atoms with Gasteiger partial charge in [-0.1, -0.05) is 71.7 Å². The lowest BCUT2D eigenvalue weighted by molar-refractivity contribution is -0.139. The van der Waals surface area contributed by atoms with E-state index in [0.717, 1.165) is 0 Å². The Morgan fingerprint density at radius 1 is 0.786 bits per heavy atom. The van der Waals surface area contributed by atoms with Crippen LogP contribution < -0.4 is 20.9 Å². The maximum absolute atomic E-state index is 13.1. The minimum Gasteiger partial charge on any atom is -0.480 e. The molecule has 0 aromatic heterocycles. The second-order valence-electron chi connectivity index (χ2n) is 9.19. The van der Waals surface area contributed by atoms with Crippen molar-refractivity contribution in [2.45, 2.75) is 12.5 Å². The second kappa shape index (κ2) is 13.7. The number of carboxylic acid groups (broad SMARTS) is 1. The lowest BCUT2D eigenvalue weighted by atomic mass is 10.1. The normalized spacial score (nSPS) is 11.2. The van der Waals surface area contributed by atoms with Crippen LogP contribution in [0.4, 0.5) is 21.9 Å². The van der Waals surface area contributed by atoms with Gasteiger partial charge in [0.15, 0.2) is 0 Å². The predicted octanol–water partition coefficient (Wildman–Crippen LogP) is 6.34. The van der Waals surface area contributed by atoms with Crippen LogP contribution >= 0.6 is 23.2 Å². The van der Waals surface area contributed by atoms with E-state index in [0.29, 0.717) is 16.9 Å². The molecule has 0 fully saturated rings. The topological polar surface area (TPSA) is 128 Å². The van der Waals surface area contributed by atoms with Crippen molar-refractivity contribution in [3.05, 3.63) is 124 Å². The minimum atomic E-state index is -1.28. The summed E-state index contributed by atoms with van der Waals surface area (Å²) in [7, 11) is 1.62. The van der Waals surface area contributed by atoms with Gasteiger partial charge in [0, 0.05) is 24.8 Å². The van der Waals surface area contributed by atoms with Crippen molar-refractivity contribution in [3.63, 3.8) is 0 Å². The molecule has 0 radical (unpaired) electrons. The number of carbonyl (C=O) groups excluding carboxylic acids is 3. The van der Waals surface area contributed by atoms with Gasteiger partial charge < -0.3 is 26.0 Å². The zero-order valence-corrected chi connectivity index (χ0v) is 23.8. The van der Waals surface area contributed by atoms with Crippen molar-refractivity contribution < 1.29 is 24.3 Å². The molecule has 1 unspecified atom stereocenters. The molecule has 0 aliphatic rings. The molecule has 4 amide bonds. The van der Waals surface area contributed by atoms with Crippen molar-refractivity contribution >= 4 is 64.1 Å². The number of hydrogen-bond acceptors (Lipinski definition) is 4. The third-order valence-corrected chi connectivity index (χ3v) is 6.93. The van der Waals surface area contributed by atoms with E-state index >= 15 is 0 Å². The molecule has 0 aliphatic carbocycles. The van der Waals surface area contributed by atoms with Crippen LogP contribution in [0.1, 0.15) is 26.3 Å². The largest absolute Gasteiger partial charge is 0.480 e. The number of urea groups is 1. The first-order chi connectivity index (χ1) is 20.1. The molecule has 9 nitrogen and oxygen atoms in total. The van der Waals surface area contributed by atoms with Crippen LogP contribution in [0.25, 0.3) is 0 Å². The number of aliphatic carboxylic acids is 1. The summed E-state index contributed by atoms with van der Waals surface area (Å²) in [6, 6.07) is 24.6. The number of anilines is 3. The van der Waals surface area contributed by atoms with Gasteiger partial charge in [0.2, 0.25) is 0 Å². The molecule has 11 heteroatoms. The number of carbonyl (C=O) groups is 4. The van der Waals surface area contributed by atoms with Gasteiger partial charge in [-0.15, -0.1) is 0 Å². The molecule has 42 heavy (non-hydrogen) atoms. The smallest absolute Gasteiger partial charge is 0.326 e. The molecule has 4 aromatic carbocycles. The number of carboxylic acids is 1. The quantitative estimate of drug-likeness (QED) is 0.177. The summed E-state index contributed by atoms with van der Waals surface area (Å²) in [6.07, 6.45) is -0.0371. The number of nitrogens with zero attached hydrogens (tertiary/aromatic N) is 1. The third-order valence-electron chi connectivity index (χ3n) is 6.30. The summed E-state index contributed by atoms with van der Waals surface area (Å²) in [4.78, 5) is 52.0. The highest BCUT2D eigenvalue weighted by Crippen LogP contribution is 2.25. The number of amides is 4. The van der Waals surface area contributed by atoms with Gasteiger partial charge in [0.1, 0.15) is 6.04 Å². The van der Waals surface area contributed by atoms with Crippen LogP contribution in [0.15, 0.2) is 97.1 Å². The highest BCUT2D eigenvalue weighted by Gasteiger charge is 2.23. The summed E-state index contributed by atoms with van der Waals surface area (Å²) in [5.41, 5.74) is 2.31. The lowest BCUT2D eigenvalue weighted by Gasteiger charge is -2.20. The van der Waals surface area contributed by atoms with Crippen LogP contribution in [0.3, 0.4) is 0 Å². The molecular formula is C31H26Cl2N4O5. The van der Waals surface area contributed by atoms with E-state index in [2.05, 4.69) is 16.0 Å². The first-order valence-electron chi connectivity index (χ1n) is 12.7. The Hall–Kier alpha value is -4.86. The van der Waals surface area contributed by atoms with Crippen LogP contribution in [0, 0.1) is 0 Å². The summed E-state index contributed by atoms with van der Waals surface area (Å²) in [6.45, 7) is 0. The summed E-state index contributed by atoms with van der Waals surface area (Å²) in [5, 5.41) is 17.9. The van der Waals surface area contributed by atoms with Gasteiger partial charge in [-0.05, 0) is 54.1 Å². The van der Waals surface area contributed by atoms with Crippen molar-refractivity contribution in [2.24, 2.45) is 0 Å². The second-order valence-corrected chi connectivity index (χ2v) is 10.0. The molecule has 0 saturated heterocycles. The zero-order valence-electron chi connectivity index (χ0n) is 22.3. The fourth-order valence-corrected chi connectivity index (χ4v) is 4.68. The van der Waals surface area contributed by atoms with Gasteiger partial charge in [-0.2, -0.15) is 0 Å². The van der Waals surface area contributed by atoms with Crippen LogP contribution in [-0.2, 0) is 11.2 Å². The Kier molecular flexibility index (Phi) is 9.80. The van der Waals surface area contributed by atoms with E-state index in [-0.39, 0.29) is 39.2 Å². The number of hydrogen-bond donors (Lipinski definition) is 4. The molecule has 1 atom stereocenters. The molecule has 4 rings (SSSR count). The van der Waals surface area contributed by atoms with Crippen molar-refractivity contribution in [1.82, 2.24) is 5.32 Å². The molecule has 0 bridgehead atoms. The van der Waals surface area contributed by atoms with E-state index in [1.165, 1.54) is 4.90 Å². The monoisotopic (exact) mass is 604 g/mol. The Morgan fingerprint density at radius 2 is 1.40 bits per heavy atom. The standard InChI is InChI=1S/C31H26Cl2N4O5/c1-37(21-8-3-2-4-9-21)29(39)22-10-5-6-13-25(22)35-31(42)36-26(30(40)41)18-19-14-16-20(17-15-19)34-28(38)27-23(32)11-7-12-24(27)33/h2-17,26H,18H2,1H3,(H,34,38)(H,40,41)(H2,35,36,42). The summed E-state index contributed by atoms with van der Waals surface area (Å²) in [5.74, 6) is -2.09. The third kappa shape index (κ3) is 7.45. The van der Waals surface area contributed by atoms with Crippen LogP contribution in [-0.4, -0.2) is 42.0 Å². The number of benzene rings is 4. The summed E-state index contributed by atoms with van der Waals surface area (Å²) < 4.78 is 0. The Morgan fingerprint density at radius 3 is 2.05 bits per heavy atom. The van der Waals surface area contributed by atoms with Crippen LogP contribution in [0.2, 0.25) is 10.0 Å². The van der Waals surface area contributed by atoms with E-state index in [9.17, 15) is 24.3 Å². The molecule has 0 heterocycles. The Balaban J connectivity index is 1.40. The van der Waals surface area contributed by atoms with Crippen molar-refractivity contribution in [2.75, 3.05) is 22.6 Å². The molecule has 4 aromatic rings. The molecule has 0 saturated carbocycles. The average Bonchev–Trinajstić information content (AvgIpc) is 2.97. The molecule has 4 N–H and O–H groups in total. The maximum atomic E-state index is 13.1. The zero-order chi connectivity index (χ0) is 30.2. The number of nitrogens with one attached hydrogen (secondary N) is 3. The van der Waals surface area contributed by atoms with E-state index < -0.39 is 23.9 Å².